The predicted molar refractivity (Wildman–Crippen MR) is 97.0 cm³/mol. The first kappa shape index (κ1) is 16.6. The van der Waals surface area contributed by atoms with Gasteiger partial charge in [-0.25, -0.2) is 5.01 Å². The quantitative estimate of drug-likeness (QED) is 0.919. The number of amides is 1. The SMILES string of the molecule is O=C(Cc1ccccc1)NN1C(c2ccccc2)=NOC12CCOCC2. The second kappa shape index (κ2) is 7.17. The van der Waals surface area contributed by atoms with Gasteiger partial charge < -0.3 is 9.57 Å². The summed E-state index contributed by atoms with van der Waals surface area (Å²) >= 11 is 0. The zero-order valence-corrected chi connectivity index (χ0v) is 14.4. The molecule has 1 N–H and O–H groups in total. The third kappa shape index (κ3) is 3.28. The summed E-state index contributed by atoms with van der Waals surface area (Å²) in [5, 5.41) is 6.08. The molecular formula is C20H21N3O3. The standard InChI is InChI=1S/C20H21N3O3/c24-18(15-16-7-3-1-4-8-16)21-23-19(17-9-5-2-6-10-17)22-26-20(23)11-13-25-14-12-20/h1-10H,11-15H2,(H,21,24). The molecule has 0 atom stereocenters. The van der Waals surface area contributed by atoms with Gasteiger partial charge in [0.2, 0.25) is 11.6 Å². The van der Waals surface area contributed by atoms with Crippen LogP contribution in [0.3, 0.4) is 0 Å². The lowest BCUT2D eigenvalue weighted by atomic mass is 10.0. The Hall–Kier alpha value is -2.86. The number of hydrogen-bond acceptors (Lipinski definition) is 5. The molecule has 0 saturated carbocycles. The maximum Gasteiger partial charge on any atom is 0.243 e. The van der Waals surface area contributed by atoms with Crippen LogP contribution >= 0.6 is 0 Å². The Labute approximate surface area is 152 Å². The molecule has 1 fully saturated rings. The van der Waals surface area contributed by atoms with E-state index in [-0.39, 0.29) is 5.91 Å². The Balaban J connectivity index is 1.57. The van der Waals surface area contributed by atoms with Gasteiger partial charge in [0.25, 0.3) is 0 Å². The molecular weight excluding hydrogens is 330 g/mol. The molecule has 1 spiro atoms. The first-order valence-electron chi connectivity index (χ1n) is 8.80. The average molecular weight is 351 g/mol. The summed E-state index contributed by atoms with van der Waals surface area (Å²) < 4.78 is 5.48. The van der Waals surface area contributed by atoms with Crippen molar-refractivity contribution in [2.45, 2.75) is 25.0 Å². The normalized spacial score (nSPS) is 18.3. The summed E-state index contributed by atoms with van der Waals surface area (Å²) in [6.45, 7) is 1.14. The molecule has 2 aromatic carbocycles. The van der Waals surface area contributed by atoms with E-state index in [1.54, 1.807) is 5.01 Å². The summed E-state index contributed by atoms with van der Waals surface area (Å²) in [5.74, 6) is 0.519. The van der Waals surface area contributed by atoms with E-state index >= 15 is 0 Å². The van der Waals surface area contributed by atoms with E-state index in [9.17, 15) is 4.79 Å². The topological polar surface area (TPSA) is 63.2 Å². The maximum atomic E-state index is 12.7. The molecule has 2 heterocycles. The zero-order valence-electron chi connectivity index (χ0n) is 14.4. The molecule has 2 aliphatic heterocycles. The van der Waals surface area contributed by atoms with Crippen molar-refractivity contribution in [2.24, 2.45) is 5.16 Å². The van der Waals surface area contributed by atoms with E-state index < -0.39 is 5.72 Å². The van der Waals surface area contributed by atoms with Crippen molar-refractivity contribution in [3.8, 4) is 0 Å². The van der Waals surface area contributed by atoms with Crippen LogP contribution in [0.4, 0.5) is 0 Å². The van der Waals surface area contributed by atoms with Crippen LogP contribution in [0.25, 0.3) is 0 Å². The summed E-state index contributed by atoms with van der Waals surface area (Å²) in [6.07, 6.45) is 1.57. The zero-order chi connectivity index (χ0) is 17.8. The molecule has 6 heteroatoms. The van der Waals surface area contributed by atoms with Gasteiger partial charge in [-0.15, -0.1) is 0 Å². The van der Waals surface area contributed by atoms with E-state index in [4.69, 9.17) is 9.57 Å². The van der Waals surface area contributed by atoms with Gasteiger partial charge in [-0.3, -0.25) is 10.2 Å². The van der Waals surface area contributed by atoms with Gasteiger partial charge in [0, 0.05) is 18.4 Å². The van der Waals surface area contributed by atoms with Crippen molar-refractivity contribution >= 4 is 11.7 Å². The molecule has 1 saturated heterocycles. The number of hydrazine groups is 1. The molecule has 0 aromatic heterocycles. The molecule has 0 radical (unpaired) electrons. The van der Waals surface area contributed by atoms with Crippen molar-refractivity contribution in [1.82, 2.24) is 10.4 Å². The molecule has 0 aliphatic carbocycles. The Bertz CT molecular complexity index is 786. The van der Waals surface area contributed by atoms with Crippen molar-refractivity contribution in [2.75, 3.05) is 13.2 Å². The predicted octanol–water partition coefficient (Wildman–Crippen LogP) is 2.46. The molecule has 2 aromatic rings. The number of nitrogens with zero attached hydrogens (tertiary/aromatic N) is 2. The second-order valence-electron chi connectivity index (χ2n) is 6.46. The van der Waals surface area contributed by atoms with Crippen molar-refractivity contribution in [1.29, 1.82) is 0 Å². The monoisotopic (exact) mass is 351 g/mol. The molecule has 2 aliphatic rings. The third-order valence-corrected chi connectivity index (χ3v) is 4.67. The molecule has 1 amide bonds. The van der Waals surface area contributed by atoms with Crippen molar-refractivity contribution in [3.63, 3.8) is 0 Å². The minimum absolute atomic E-state index is 0.101. The number of rotatable bonds is 4. The molecule has 0 unspecified atom stereocenters. The molecule has 6 nitrogen and oxygen atoms in total. The van der Waals surface area contributed by atoms with Crippen LogP contribution in [0.1, 0.15) is 24.0 Å². The van der Waals surface area contributed by atoms with Gasteiger partial charge in [-0.1, -0.05) is 65.8 Å². The number of carbonyl (C=O) groups excluding carboxylic acids is 1. The van der Waals surface area contributed by atoms with Crippen molar-refractivity contribution < 1.29 is 14.4 Å². The van der Waals surface area contributed by atoms with Gasteiger partial charge >= 0.3 is 0 Å². The van der Waals surface area contributed by atoms with Gasteiger partial charge in [0.15, 0.2) is 5.84 Å². The summed E-state index contributed by atoms with van der Waals surface area (Å²) in [6, 6.07) is 19.4. The van der Waals surface area contributed by atoms with Gasteiger partial charge in [-0.2, -0.15) is 0 Å². The lowest BCUT2D eigenvalue weighted by Gasteiger charge is -2.39. The number of benzene rings is 2. The minimum Gasteiger partial charge on any atom is -0.381 e. The Morgan fingerprint density at radius 3 is 2.38 bits per heavy atom. The number of hydrogen-bond donors (Lipinski definition) is 1. The average Bonchev–Trinajstić information content (AvgIpc) is 3.01. The molecule has 0 bridgehead atoms. The fraction of sp³-hybridized carbons (Fsp3) is 0.300. The van der Waals surface area contributed by atoms with E-state index in [1.165, 1.54) is 0 Å². The Kier molecular flexibility index (Phi) is 4.58. The summed E-state index contributed by atoms with van der Waals surface area (Å²) in [7, 11) is 0. The third-order valence-electron chi connectivity index (χ3n) is 4.67. The fourth-order valence-electron chi connectivity index (χ4n) is 3.28. The lowest BCUT2D eigenvalue weighted by Crippen LogP contribution is -2.59. The van der Waals surface area contributed by atoms with Crippen molar-refractivity contribution in [3.05, 3.63) is 71.8 Å². The highest BCUT2D eigenvalue weighted by Gasteiger charge is 2.48. The largest absolute Gasteiger partial charge is 0.381 e. The number of nitrogens with one attached hydrogen (secondary N) is 1. The number of amidine groups is 1. The fourth-order valence-corrected chi connectivity index (χ4v) is 3.28. The molecule has 4 rings (SSSR count). The number of carbonyl (C=O) groups is 1. The summed E-state index contributed by atoms with van der Waals surface area (Å²) in [4.78, 5) is 18.5. The minimum atomic E-state index is -0.685. The van der Waals surface area contributed by atoms with Gasteiger partial charge in [0.05, 0.1) is 19.6 Å². The summed E-state index contributed by atoms with van der Waals surface area (Å²) in [5.41, 5.74) is 4.20. The van der Waals surface area contributed by atoms with Crippen LogP contribution in [0.2, 0.25) is 0 Å². The van der Waals surface area contributed by atoms with Crippen LogP contribution < -0.4 is 5.43 Å². The highest BCUT2D eigenvalue weighted by atomic mass is 16.7. The van der Waals surface area contributed by atoms with Crippen LogP contribution in [-0.2, 0) is 20.8 Å². The Morgan fingerprint density at radius 2 is 1.69 bits per heavy atom. The maximum absolute atomic E-state index is 12.7. The van der Waals surface area contributed by atoms with Gasteiger partial charge in [0.1, 0.15) is 0 Å². The van der Waals surface area contributed by atoms with Crippen LogP contribution in [0.5, 0.6) is 0 Å². The Morgan fingerprint density at radius 1 is 1.04 bits per heavy atom. The molecule has 26 heavy (non-hydrogen) atoms. The molecule has 134 valence electrons. The van der Waals surface area contributed by atoms with Gasteiger partial charge in [-0.05, 0) is 5.56 Å². The second-order valence-corrected chi connectivity index (χ2v) is 6.46. The first-order valence-corrected chi connectivity index (χ1v) is 8.80. The number of ether oxygens (including phenoxy) is 1. The highest BCUT2D eigenvalue weighted by molar-refractivity contribution is 6.00. The lowest BCUT2D eigenvalue weighted by molar-refractivity contribution is -0.172. The van der Waals surface area contributed by atoms with E-state index in [0.29, 0.717) is 38.3 Å². The van der Waals surface area contributed by atoms with E-state index in [1.807, 2.05) is 60.7 Å². The smallest absolute Gasteiger partial charge is 0.243 e. The highest BCUT2D eigenvalue weighted by Crippen LogP contribution is 2.34. The number of oxime groups is 1. The first-order chi connectivity index (χ1) is 12.8. The van der Waals surface area contributed by atoms with Crippen LogP contribution in [0.15, 0.2) is 65.8 Å². The van der Waals surface area contributed by atoms with Crippen LogP contribution in [-0.4, -0.2) is 35.7 Å². The van der Waals surface area contributed by atoms with E-state index in [2.05, 4.69) is 10.6 Å². The van der Waals surface area contributed by atoms with E-state index in [0.717, 1.165) is 11.1 Å². The van der Waals surface area contributed by atoms with Crippen LogP contribution in [0, 0.1) is 0 Å².